The Kier molecular flexibility index (Phi) is 7.36. The largest absolute Gasteiger partial charge is 0.441 e. The highest BCUT2D eigenvalue weighted by Crippen LogP contribution is 2.26. The monoisotopic (exact) mass is 425 g/mol. The summed E-state index contributed by atoms with van der Waals surface area (Å²) in [5.41, 5.74) is 1.98. The molecule has 7 nitrogen and oxygen atoms in total. The number of amides is 2. The van der Waals surface area contributed by atoms with E-state index in [4.69, 9.17) is 9.57 Å². The van der Waals surface area contributed by atoms with Crippen LogP contribution in [0.1, 0.15) is 20.3 Å². The van der Waals surface area contributed by atoms with Gasteiger partial charge in [-0.1, -0.05) is 12.6 Å². The number of nitrogens with zero attached hydrogens (tertiary/aromatic N) is 3. The van der Waals surface area contributed by atoms with Gasteiger partial charge in [0.15, 0.2) is 0 Å². The van der Waals surface area contributed by atoms with Gasteiger partial charge >= 0.3 is 11.3 Å². The summed E-state index contributed by atoms with van der Waals surface area (Å²) in [5, 5.41) is 0.701. The van der Waals surface area contributed by atoms with E-state index in [2.05, 4.69) is 29.7 Å². The normalized spacial score (nSPS) is 20.3. The summed E-state index contributed by atoms with van der Waals surface area (Å²) in [5.74, 6) is 2.36. The highest BCUT2D eigenvalue weighted by Gasteiger charge is 2.33. The van der Waals surface area contributed by atoms with E-state index >= 15 is 0 Å². The molecule has 28 heavy (non-hydrogen) atoms. The number of hydrogen-bond acceptors (Lipinski definition) is 6. The fraction of sp³-hybridized carbons (Fsp3) is 0.579. The molecule has 2 heterocycles. The van der Waals surface area contributed by atoms with Crippen LogP contribution < -0.4 is 9.80 Å². The quantitative estimate of drug-likeness (QED) is 0.555. The van der Waals surface area contributed by atoms with Gasteiger partial charge in [0.05, 0.1) is 12.6 Å². The first-order valence-corrected chi connectivity index (χ1v) is 11.1. The molecule has 2 fully saturated rings. The van der Waals surface area contributed by atoms with E-state index in [0.29, 0.717) is 6.54 Å². The molecule has 9 heteroatoms. The van der Waals surface area contributed by atoms with Crippen molar-refractivity contribution in [2.24, 2.45) is 0 Å². The molecule has 0 saturated carbocycles. The summed E-state index contributed by atoms with van der Waals surface area (Å²) in [6.07, 6.45) is 0.346. The second kappa shape index (κ2) is 9.76. The van der Waals surface area contributed by atoms with E-state index in [-0.39, 0.29) is 12.6 Å². The number of rotatable bonds is 6. The summed E-state index contributed by atoms with van der Waals surface area (Å²) >= 11 is 5.80. The maximum absolute atomic E-state index is 12.3. The van der Waals surface area contributed by atoms with Crippen LogP contribution in [-0.2, 0) is 9.57 Å². The maximum atomic E-state index is 12.3. The van der Waals surface area contributed by atoms with E-state index in [9.17, 15) is 9.59 Å². The smallest absolute Gasteiger partial charge is 0.414 e. The van der Waals surface area contributed by atoms with Crippen molar-refractivity contribution < 1.29 is 19.2 Å². The predicted octanol–water partition coefficient (Wildman–Crippen LogP) is 3.65. The first-order valence-electron chi connectivity index (χ1n) is 9.51. The summed E-state index contributed by atoms with van der Waals surface area (Å²) < 4.78 is 5.39. The molecule has 3 rings (SSSR count). The van der Waals surface area contributed by atoms with Gasteiger partial charge in [0.25, 0.3) is 0 Å². The lowest BCUT2D eigenvalue weighted by Gasteiger charge is -2.24. The molecule has 1 aromatic carbocycles. The Labute approximate surface area is 175 Å². The number of hydrogen-bond donors (Lipinski definition) is 1. The number of carbonyl (C=O) groups is 2. The van der Waals surface area contributed by atoms with Crippen LogP contribution in [0.3, 0.4) is 0 Å². The highest BCUT2D eigenvalue weighted by atomic mass is 32.2. The highest BCUT2D eigenvalue weighted by molar-refractivity contribution is 7.99. The lowest BCUT2D eigenvalue weighted by Crippen LogP contribution is -2.36. The molecule has 1 aromatic rings. The Bertz CT molecular complexity index is 678. The van der Waals surface area contributed by atoms with E-state index in [1.54, 1.807) is 4.90 Å². The molecule has 154 valence electrons. The second-order valence-corrected chi connectivity index (χ2v) is 8.69. The molecule has 0 aliphatic carbocycles. The minimum atomic E-state index is -0.473. The van der Waals surface area contributed by atoms with Crippen molar-refractivity contribution in [3.8, 4) is 0 Å². The van der Waals surface area contributed by atoms with Gasteiger partial charge in [0.1, 0.15) is 12.7 Å². The van der Waals surface area contributed by atoms with Crippen LogP contribution in [0.15, 0.2) is 24.3 Å². The number of hydroxylamine groups is 2. The molecule has 0 radical (unpaired) electrons. The number of thiol groups is 1. The van der Waals surface area contributed by atoms with Gasteiger partial charge in [-0.15, -0.1) is 0 Å². The molecule has 0 spiro atoms. The van der Waals surface area contributed by atoms with Gasteiger partial charge in [0, 0.05) is 30.2 Å². The number of cyclic esters (lactones) is 1. The third kappa shape index (κ3) is 5.27. The fourth-order valence-electron chi connectivity index (χ4n) is 3.26. The van der Waals surface area contributed by atoms with Crippen LogP contribution in [0.2, 0.25) is 0 Å². The lowest BCUT2D eigenvalue weighted by atomic mass is 10.2. The van der Waals surface area contributed by atoms with E-state index in [1.165, 1.54) is 22.9 Å². The van der Waals surface area contributed by atoms with Gasteiger partial charge in [-0.3, -0.25) is 14.5 Å². The molecule has 1 atom stereocenters. The van der Waals surface area contributed by atoms with Crippen LogP contribution in [-0.4, -0.2) is 66.3 Å². The Balaban J connectivity index is 1.58. The Morgan fingerprint density at radius 3 is 2.68 bits per heavy atom. The molecule has 0 unspecified atom stereocenters. The molecule has 2 aliphatic rings. The number of ether oxygens (including phenoxy) is 1. The lowest BCUT2D eigenvalue weighted by molar-refractivity contribution is -0.146. The minimum Gasteiger partial charge on any atom is -0.441 e. The van der Waals surface area contributed by atoms with E-state index in [0.717, 1.165) is 24.5 Å². The third-order valence-electron chi connectivity index (χ3n) is 4.68. The Morgan fingerprint density at radius 1 is 1.29 bits per heavy atom. The van der Waals surface area contributed by atoms with Gasteiger partial charge < -0.3 is 9.64 Å². The first kappa shape index (κ1) is 21.1. The zero-order chi connectivity index (χ0) is 20.1. The summed E-state index contributed by atoms with van der Waals surface area (Å²) in [6.45, 7) is 6.25. The number of anilines is 2. The molecule has 0 aromatic heterocycles. The van der Waals surface area contributed by atoms with Crippen LogP contribution in [0.25, 0.3) is 0 Å². The zero-order valence-corrected chi connectivity index (χ0v) is 18.0. The minimum absolute atomic E-state index is 0.107. The van der Waals surface area contributed by atoms with Gasteiger partial charge in [0.2, 0.25) is 0 Å². The van der Waals surface area contributed by atoms with Gasteiger partial charge in [-0.05, 0) is 50.3 Å². The van der Waals surface area contributed by atoms with Gasteiger partial charge in [-0.25, -0.2) is 9.86 Å². The molecule has 2 amide bonds. The van der Waals surface area contributed by atoms with Crippen molar-refractivity contribution in [1.29, 1.82) is 0 Å². The summed E-state index contributed by atoms with van der Waals surface area (Å²) in [4.78, 5) is 33.2. The topological polar surface area (TPSA) is 62.3 Å². The summed E-state index contributed by atoms with van der Waals surface area (Å²) in [6, 6.07) is 7.87. The Hall–Kier alpha value is -1.58. The molecule has 0 bridgehead atoms. The van der Waals surface area contributed by atoms with E-state index < -0.39 is 17.4 Å². The average Bonchev–Trinajstić information content (AvgIpc) is 2.85. The van der Waals surface area contributed by atoms with E-state index in [1.807, 2.05) is 37.7 Å². The predicted molar refractivity (Wildman–Crippen MR) is 116 cm³/mol. The second-order valence-electron chi connectivity index (χ2n) is 7.08. The standard InChI is InChI=1S/C19H27N3O4S2/c1-14(2)22(19(24)27)25-13-17-12-21(18(23)26-17)16-6-4-15(5-7-16)20-8-3-10-28-11-9-20/h4-7,14,17H,3,8-13H2,1-2H3,(H,24,27)/t17-/m0/s1. The average molecular weight is 426 g/mol. The molecular weight excluding hydrogens is 398 g/mol. The van der Waals surface area contributed by atoms with Crippen LogP contribution in [0.4, 0.5) is 21.0 Å². The zero-order valence-electron chi connectivity index (χ0n) is 16.2. The first-order chi connectivity index (χ1) is 13.5. The Morgan fingerprint density at radius 2 is 2.00 bits per heavy atom. The number of carbonyl (C=O) groups excluding carboxylic acids is 2. The fourth-order valence-corrected chi connectivity index (χ4v) is 4.43. The number of thioether (sulfide) groups is 1. The van der Waals surface area contributed by atoms with Crippen molar-refractivity contribution in [3.63, 3.8) is 0 Å². The van der Waals surface area contributed by atoms with Crippen molar-refractivity contribution in [2.75, 3.05) is 47.5 Å². The van der Waals surface area contributed by atoms with Crippen LogP contribution in [0.5, 0.6) is 0 Å². The summed E-state index contributed by atoms with van der Waals surface area (Å²) in [7, 11) is 0. The third-order valence-corrected chi connectivity index (χ3v) is 5.93. The van der Waals surface area contributed by atoms with Crippen LogP contribution >= 0.6 is 24.4 Å². The molecule has 2 saturated heterocycles. The SMILES string of the molecule is CC(C)N(OC[C@@H]1CN(c2ccc(N3CCCSCC3)cc2)C(=O)O1)C(=O)S. The number of benzene rings is 1. The maximum Gasteiger partial charge on any atom is 0.414 e. The van der Waals surface area contributed by atoms with Crippen LogP contribution in [0, 0.1) is 0 Å². The van der Waals surface area contributed by atoms with Gasteiger partial charge in [-0.2, -0.15) is 11.8 Å². The van der Waals surface area contributed by atoms with Crippen molar-refractivity contribution in [2.45, 2.75) is 32.4 Å². The molecule has 0 N–H and O–H groups in total. The van der Waals surface area contributed by atoms with Crippen molar-refractivity contribution >= 4 is 47.1 Å². The van der Waals surface area contributed by atoms with Crippen molar-refractivity contribution in [3.05, 3.63) is 24.3 Å². The van der Waals surface area contributed by atoms with Crippen molar-refractivity contribution in [1.82, 2.24) is 5.06 Å². The molecular formula is C19H27N3O4S2. The molecule has 2 aliphatic heterocycles.